The Morgan fingerprint density at radius 3 is 2.27 bits per heavy atom. The van der Waals surface area contributed by atoms with Crippen molar-refractivity contribution in [1.29, 1.82) is 0 Å². The summed E-state index contributed by atoms with van der Waals surface area (Å²) in [5.41, 5.74) is 23.7. The molecule has 130 valence electrons. The van der Waals surface area contributed by atoms with Crippen LogP contribution in [0.5, 0.6) is 0 Å². The average molecular weight is 318 g/mol. The first kappa shape index (κ1) is 18.0. The van der Waals surface area contributed by atoms with Gasteiger partial charge in [0.1, 0.15) is 12.2 Å². The normalized spacial score (nSPS) is 53.5. The Hall–Kier alpha value is -0.320. The van der Waals surface area contributed by atoms with Crippen molar-refractivity contribution in [3.05, 3.63) is 0 Å². The maximum absolute atomic E-state index is 10.2. The third-order valence-corrected chi connectivity index (χ3v) is 5.26. The van der Waals surface area contributed by atoms with Gasteiger partial charge in [0.2, 0.25) is 0 Å². The SMILES string of the molecule is CC1C(CN)OC(OC2C(N)CC(N)C(O)C2O)C(N)C1C. The molecule has 1 heterocycles. The summed E-state index contributed by atoms with van der Waals surface area (Å²) in [5.74, 6) is 0.361. The van der Waals surface area contributed by atoms with Crippen LogP contribution < -0.4 is 22.9 Å². The lowest BCUT2D eigenvalue weighted by molar-refractivity contribution is -0.269. The van der Waals surface area contributed by atoms with Gasteiger partial charge in [0.25, 0.3) is 0 Å². The van der Waals surface area contributed by atoms with Gasteiger partial charge in [0.15, 0.2) is 6.29 Å². The van der Waals surface area contributed by atoms with E-state index in [0.717, 1.165) is 0 Å². The highest BCUT2D eigenvalue weighted by molar-refractivity contribution is 4.98. The summed E-state index contributed by atoms with van der Waals surface area (Å²) < 4.78 is 11.7. The van der Waals surface area contributed by atoms with E-state index in [-0.39, 0.29) is 24.0 Å². The van der Waals surface area contributed by atoms with E-state index < -0.39 is 36.7 Å². The lowest BCUT2D eigenvalue weighted by Gasteiger charge is -2.46. The predicted octanol–water partition coefficient (Wildman–Crippen LogP) is -2.57. The summed E-state index contributed by atoms with van der Waals surface area (Å²) in [6.07, 6.45) is -3.54. The Morgan fingerprint density at radius 1 is 1.05 bits per heavy atom. The first-order valence-corrected chi connectivity index (χ1v) is 7.91. The molecule has 10 N–H and O–H groups in total. The zero-order valence-electron chi connectivity index (χ0n) is 13.2. The van der Waals surface area contributed by atoms with Crippen molar-refractivity contribution in [3.8, 4) is 0 Å². The summed E-state index contributed by atoms with van der Waals surface area (Å²) in [6.45, 7) is 4.44. The van der Waals surface area contributed by atoms with Crippen LogP contribution >= 0.6 is 0 Å². The van der Waals surface area contributed by atoms with E-state index in [0.29, 0.717) is 13.0 Å². The lowest BCUT2D eigenvalue weighted by Crippen LogP contribution is -2.65. The molecular formula is C14H30N4O4. The molecule has 2 fully saturated rings. The van der Waals surface area contributed by atoms with Gasteiger partial charge < -0.3 is 42.6 Å². The molecule has 0 spiro atoms. The molecule has 8 heteroatoms. The number of aliphatic hydroxyl groups excluding tert-OH is 2. The third kappa shape index (κ3) is 3.29. The van der Waals surface area contributed by atoms with Gasteiger partial charge in [0.05, 0.1) is 18.2 Å². The number of rotatable bonds is 3. The first-order chi connectivity index (χ1) is 10.3. The molecule has 1 aliphatic carbocycles. The van der Waals surface area contributed by atoms with Crippen LogP contribution in [0.15, 0.2) is 0 Å². The summed E-state index contributed by atoms with van der Waals surface area (Å²) in [4.78, 5) is 0. The minimum Gasteiger partial charge on any atom is -0.389 e. The zero-order chi connectivity index (χ0) is 16.6. The van der Waals surface area contributed by atoms with Gasteiger partial charge in [-0.2, -0.15) is 0 Å². The van der Waals surface area contributed by atoms with E-state index in [9.17, 15) is 10.2 Å². The van der Waals surface area contributed by atoms with Crippen LogP contribution in [0.2, 0.25) is 0 Å². The Morgan fingerprint density at radius 2 is 1.68 bits per heavy atom. The fourth-order valence-electron chi connectivity index (χ4n) is 3.34. The first-order valence-electron chi connectivity index (χ1n) is 7.91. The van der Waals surface area contributed by atoms with Gasteiger partial charge in [-0.25, -0.2) is 0 Å². The summed E-state index contributed by atoms with van der Waals surface area (Å²) in [6, 6.07) is -1.42. The minimum absolute atomic E-state index is 0.149. The molecule has 0 radical (unpaired) electrons. The van der Waals surface area contributed by atoms with Crippen LogP contribution in [-0.2, 0) is 9.47 Å². The molecule has 0 aromatic heterocycles. The average Bonchev–Trinajstić information content (AvgIpc) is 2.49. The highest BCUT2D eigenvalue weighted by Crippen LogP contribution is 2.32. The Balaban J connectivity index is 2.08. The molecule has 0 aromatic rings. The van der Waals surface area contributed by atoms with Crippen molar-refractivity contribution in [2.75, 3.05) is 6.54 Å². The molecule has 1 saturated heterocycles. The number of ether oxygens (including phenoxy) is 2. The third-order valence-electron chi connectivity index (χ3n) is 5.26. The van der Waals surface area contributed by atoms with Crippen molar-refractivity contribution >= 4 is 0 Å². The molecule has 10 unspecified atom stereocenters. The lowest BCUT2D eigenvalue weighted by atomic mass is 9.82. The predicted molar refractivity (Wildman–Crippen MR) is 81.5 cm³/mol. The largest absolute Gasteiger partial charge is 0.389 e. The van der Waals surface area contributed by atoms with Crippen LogP contribution in [0.25, 0.3) is 0 Å². The zero-order valence-corrected chi connectivity index (χ0v) is 13.2. The standard InChI is InChI=1S/C14H30N4O4/c1-5-6(2)10(18)14(21-9(5)4-15)22-13-8(17)3-7(16)11(19)12(13)20/h5-14,19-20H,3-4,15-18H2,1-2H3. The maximum atomic E-state index is 10.2. The maximum Gasteiger partial charge on any atom is 0.173 e. The van der Waals surface area contributed by atoms with E-state index in [1.165, 1.54) is 0 Å². The second-order valence-corrected chi connectivity index (χ2v) is 6.72. The van der Waals surface area contributed by atoms with Crippen LogP contribution in [-0.4, -0.2) is 65.6 Å². The van der Waals surface area contributed by atoms with Crippen molar-refractivity contribution in [2.24, 2.45) is 34.8 Å². The minimum atomic E-state index is -1.17. The van der Waals surface area contributed by atoms with Crippen LogP contribution in [0.4, 0.5) is 0 Å². The van der Waals surface area contributed by atoms with Gasteiger partial charge in [-0.15, -0.1) is 0 Å². The summed E-state index contributed by atoms with van der Waals surface area (Å²) >= 11 is 0. The highest BCUT2D eigenvalue weighted by atomic mass is 16.7. The molecule has 0 aromatic carbocycles. The molecule has 2 aliphatic rings. The molecule has 0 amide bonds. The van der Waals surface area contributed by atoms with Gasteiger partial charge in [-0.1, -0.05) is 13.8 Å². The quantitative estimate of drug-likeness (QED) is 0.331. The van der Waals surface area contributed by atoms with Crippen molar-refractivity contribution in [1.82, 2.24) is 0 Å². The second kappa shape index (κ2) is 7.06. The Labute approximate surface area is 131 Å². The summed E-state index contributed by atoms with van der Waals surface area (Å²) in [7, 11) is 0. The Bertz CT molecular complexity index is 373. The molecule has 0 bridgehead atoms. The number of nitrogens with two attached hydrogens (primary N) is 4. The number of aliphatic hydroxyl groups is 2. The Kier molecular flexibility index (Phi) is 5.79. The van der Waals surface area contributed by atoms with E-state index >= 15 is 0 Å². The van der Waals surface area contributed by atoms with Crippen molar-refractivity contribution in [3.63, 3.8) is 0 Å². The van der Waals surface area contributed by atoms with Crippen LogP contribution in [0.1, 0.15) is 20.3 Å². The fraction of sp³-hybridized carbons (Fsp3) is 1.00. The topological polar surface area (TPSA) is 163 Å². The molecule has 8 nitrogen and oxygen atoms in total. The highest BCUT2D eigenvalue weighted by Gasteiger charge is 2.46. The number of hydrogen-bond acceptors (Lipinski definition) is 8. The van der Waals surface area contributed by atoms with E-state index in [1.54, 1.807) is 0 Å². The van der Waals surface area contributed by atoms with Gasteiger partial charge >= 0.3 is 0 Å². The fourth-order valence-corrected chi connectivity index (χ4v) is 3.34. The number of hydrogen-bond donors (Lipinski definition) is 6. The van der Waals surface area contributed by atoms with Gasteiger partial charge in [0, 0.05) is 18.6 Å². The van der Waals surface area contributed by atoms with Crippen molar-refractivity contribution in [2.45, 2.75) is 69.1 Å². The molecule has 10 atom stereocenters. The molecular weight excluding hydrogens is 288 g/mol. The van der Waals surface area contributed by atoms with E-state index in [4.69, 9.17) is 32.4 Å². The molecule has 22 heavy (non-hydrogen) atoms. The van der Waals surface area contributed by atoms with Crippen LogP contribution in [0, 0.1) is 11.8 Å². The molecule has 1 aliphatic heterocycles. The van der Waals surface area contributed by atoms with E-state index in [1.807, 2.05) is 13.8 Å². The summed E-state index contributed by atoms with van der Waals surface area (Å²) in [5, 5.41) is 20.1. The monoisotopic (exact) mass is 318 g/mol. The van der Waals surface area contributed by atoms with Crippen LogP contribution in [0.3, 0.4) is 0 Å². The van der Waals surface area contributed by atoms with Crippen molar-refractivity contribution < 1.29 is 19.7 Å². The van der Waals surface area contributed by atoms with Gasteiger partial charge in [-0.3, -0.25) is 0 Å². The van der Waals surface area contributed by atoms with Gasteiger partial charge in [-0.05, 0) is 18.3 Å². The second-order valence-electron chi connectivity index (χ2n) is 6.72. The smallest absolute Gasteiger partial charge is 0.173 e. The molecule has 2 rings (SSSR count). The van der Waals surface area contributed by atoms with E-state index in [2.05, 4.69) is 0 Å². The molecule has 1 saturated carbocycles.